The number of benzene rings is 2. The molecule has 0 bridgehead atoms. The second-order valence-electron chi connectivity index (χ2n) is 6.77. The highest BCUT2D eigenvalue weighted by molar-refractivity contribution is 7.92. The zero-order valence-electron chi connectivity index (χ0n) is 16.6. The third-order valence-electron chi connectivity index (χ3n) is 3.97. The van der Waals surface area contributed by atoms with Gasteiger partial charge in [-0.05, 0) is 48.7 Å². The number of carbonyl (C=O) groups excluding carboxylic acids is 1. The topological polar surface area (TPSA) is 93.7 Å². The highest BCUT2D eigenvalue weighted by Crippen LogP contribution is 2.29. The molecule has 0 aliphatic rings. The smallest absolute Gasteiger partial charge is 0.265 e. The van der Waals surface area contributed by atoms with E-state index in [1.165, 1.54) is 13.2 Å². The van der Waals surface area contributed by atoms with E-state index in [1.807, 2.05) is 18.2 Å². The van der Waals surface area contributed by atoms with Gasteiger partial charge < -0.3 is 14.8 Å². The molecule has 0 saturated carbocycles. The molecule has 0 aromatic heterocycles. The minimum atomic E-state index is -3.49. The van der Waals surface area contributed by atoms with E-state index in [2.05, 4.69) is 23.9 Å². The van der Waals surface area contributed by atoms with Gasteiger partial charge in [-0.1, -0.05) is 26.0 Å². The van der Waals surface area contributed by atoms with Crippen molar-refractivity contribution in [2.75, 3.05) is 23.4 Å². The molecule has 1 unspecified atom stereocenters. The van der Waals surface area contributed by atoms with Crippen molar-refractivity contribution in [3.63, 3.8) is 0 Å². The first kappa shape index (κ1) is 21.6. The highest BCUT2D eigenvalue weighted by Gasteiger charge is 2.17. The van der Waals surface area contributed by atoms with Crippen molar-refractivity contribution in [3.8, 4) is 11.5 Å². The van der Waals surface area contributed by atoms with Crippen molar-refractivity contribution in [2.24, 2.45) is 0 Å². The summed E-state index contributed by atoms with van der Waals surface area (Å²) in [7, 11) is -2.06. The Labute approximate surface area is 166 Å². The Bertz CT molecular complexity index is 941. The number of hydrogen-bond donors (Lipinski definition) is 2. The van der Waals surface area contributed by atoms with Crippen LogP contribution < -0.4 is 19.5 Å². The second-order valence-corrected chi connectivity index (χ2v) is 8.51. The van der Waals surface area contributed by atoms with Crippen molar-refractivity contribution < 1.29 is 22.7 Å². The molecule has 0 aliphatic carbocycles. The summed E-state index contributed by atoms with van der Waals surface area (Å²) in [4.78, 5) is 12.5. The fourth-order valence-corrected chi connectivity index (χ4v) is 3.07. The molecule has 0 saturated heterocycles. The van der Waals surface area contributed by atoms with Crippen molar-refractivity contribution >= 4 is 27.3 Å². The highest BCUT2D eigenvalue weighted by atomic mass is 32.2. The molecule has 7 nitrogen and oxygen atoms in total. The molecule has 152 valence electrons. The summed E-state index contributed by atoms with van der Waals surface area (Å²) in [6, 6.07) is 12.3. The van der Waals surface area contributed by atoms with Crippen molar-refractivity contribution in [1.29, 1.82) is 0 Å². The molecule has 0 heterocycles. The third kappa shape index (κ3) is 6.16. The zero-order chi connectivity index (χ0) is 20.9. The molecule has 2 rings (SSSR count). The number of methoxy groups -OCH3 is 1. The lowest BCUT2D eigenvalue weighted by Gasteiger charge is -2.17. The lowest BCUT2D eigenvalue weighted by Crippen LogP contribution is -2.30. The summed E-state index contributed by atoms with van der Waals surface area (Å²) in [6.45, 7) is 5.82. The number of ether oxygens (including phenoxy) is 2. The van der Waals surface area contributed by atoms with Crippen LogP contribution in [-0.2, 0) is 14.8 Å². The normalized spacial score (nSPS) is 12.4. The Morgan fingerprint density at radius 3 is 2.39 bits per heavy atom. The fourth-order valence-electron chi connectivity index (χ4n) is 2.51. The molecule has 2 aromatic carbocycles. The maximum Gasteiger partial charge on any atom is 0.265 e. The van der Waals surface area contributed by atoms with Gasteiger partial charge in [0.1, 0.15) is 11.5 Å². The number of sulfonamides is 1. The summed E-state index contributed by atoms with van der Waals surface area (Å²) < 4.78 is 36.3. The third-order valence-corrected chi connectivity index (χ3v) is 4.56. The first-order chi connectivity index (χ1) is 13.1. The predicted octanol–water partition coefficient (Wildman–Crippen LogP) is 3.60. The molecule has 2 N–H and O–H groups in total. The van der Waals surface area contributed by atoms with E-state index >= 15 is 0 Å². The van der Waals surface area contributed by atoms with Crippen LogP contribution in [0.4, 0.5) is 11.4 Å². The molecule has 1 amide bonds. The molecular weight excluding hydrogens is 380 g/mol. The number of carbonyl (C=O) groups is 1. The summed E-state index contributed by atoms with van der Waals surface area (Å²) in [5.41, 5.74) is 1.78. The van der Waals surface area contributed by atoms with Crippen LogP contribution in [0.15, 0.2) is 42.5 Å². The van der Waals surface area contributed by atoms with E-state index in [0.717, 1.165) is 11.8 Å². The van der Waals surface area contributed by atoms with Gasteiger partial charge in [0, 0.05) is 5.69 Å². The Morgan fingerprint density at radius 2 is 1.79 bits per heavy atom. The predicted molar refractivity (Wildman–Crippen MR) is 111 cm³/mol. The quantitative estimate of drug-likeness (QED) is 0.699. The van der Waals surface area contributed by atoms with E-state index in [0.29, 0.717) is 23.1 Å². The van der Waals surface area contributed by atoms with Gasteiger partial charge in [-0.2, -0.15) is 0 Å². The first-order valence-corrected chi connectivity index (χ1v) is 10.7. The van der Waals surface area contributed by atoms with Gasteiger partial charge in [-0.25, -0.2) is 8.42 Å². The van der Waals surface area contributed by atoms with Gasteiger partial charge in [0.2, 0.25) is 10.0 Å². The monoisotopic (exact) mass is 406 g/mol. The maximum absolute atomic E-state index is 12.5. The second kappa shape index (κ2) is 8.97. The van der Waals surface area contributed by atoms with E-state index in [1.54, 1.807) is 25.1 Å². The minimum Gasteiger partial charge on any atom is -0.495 e. The lowest BCUT2D eigenvalue weighted by molar-refractivity contribution is -0.122. The molecule has 1 atom stereocenters. The Morgan fingerprint density at radius 1 is 1.07 bits per heavy atom. The van der Waals surface area contributed by atoms with Gasteiger partial charge in [0.05, 0.1) is 19.1 Å². The molecule has 0 fully saturated rings. The van der Waals surface area contributed by atoms with Crippen molar-refractivity contribution in [1.82, 2.24) is 0 Å². The number of hydrogen-bond acceptors (Lipinski definition) is 5. The molecule has 0 radical (unpaired) electrons. The van der Waals surface area contributed by atoms with Gasteiger partial charge in [-0.3, -0.25) is 9.52 Å². The van der Waals surface area contributed by atoms with Gasteiger partial charge in [0.15, 0.2) is 6.10 Å². The van der Waals surface area contributed by atoms with Crippen molar-refractivity contribution in [3.05, 3.63) is 48.0 Å². The van der Waals surface area contributed by atoms with E-state index in [9.17, 15) is 13.2 Å². The molecule has 2 aromatic rings. The van der Waals surface area contributed by atoms with Crippen LogP contribution in [0.25, 0.3) is 0 Å². The van der Waals surface area contributed by atoms with Crippen LogP contribution in [-0.4, -0.2) is 33.8 Å². The number of anilines is 2. The van der Waals surface area contributed by atoms with E-state index in [4.69, 9.17) is 9.47 Å². The molecule has 0 spiro atoms. The minimum absolute atomic E-state index is 0.237. The van der Waals surface area contributed by atoms with Crippen LogP contribution in [0.5, 0.6) is 11.5 Å². The average molecular weight is 407 g/mol. The Kier molecular flexibility index (Phi) is 6.90. The summed E-state index contributed by atoms with van der Waals surface area (Å²) in [5, 5.41) is 2.72. The number of rotatable bonds is 8. The summed E-state index contributed by atoms with van der Waals surface area (Å²) in [5.74, 6) is 0.958. The standard InChI is InChI=1S/C20H26N2O5S/c1-13(2)15-7-6-8-17(11-15)27-14(3)20(23)21-16-9-10-19(26-4)18(12-16)22-28(5,24)25/h6-14,22H,1-5H3,(H,21,23). The SMILES string of the molecule is COc1ccc(NC(=O)C(C)Oc2cccc(C(C)C)c2)cc1NS(C)(=O)=O. The number of nitrogens with one attached hydrogen (secondary N) is 2. The Hall–Kier alpha value is -2.74. The maximum atomic E-state index is 12.5. The van der Waals surface area contributed by atoms with Gasteiger partial charge in [-0.15, -0.1) is 0 Å². The molecular formula is C20H26N2O5S. The van der Waals surface area contributed by atoms with Crippen LogP contribution >= 0.6 is 0 Å². The average Bonchev–Trinajstić information content (AvgIpc) is 2.60. The first-order valence-electron chi connectivity index (χ1n) is 8.82. The molecule has 28 heavy (non-hydrogen) atoms. The van der Waals surface area contributed by atoms with Gasteiger partial charge >= 0.3 is 0 Å². The molecule has 8 heteroatoms. The van der Waals surface area contributed by atoms with Crippen LogP contribution in [0.2, 0.25) is 0 Å². The van der Waals surface area contributed by atoms with E-state index < -0.39 is 16.1 Å². The molecule has 0 aliphatic heterocycles. The van der Waals surface area contributed by atoms with Crippen molar-refractivity contribution in [2.45, 2.75) is 32.8 Å². The van der Waals surface area contributed by atoms with Crippen LogP contribution in [0, 0.1) is 0 Å². The fraction of sp³-hybridized carbons (Fsp3) is 0.350. The summed E-state index contributed by atoms with van der Waals surface area (Å²) in [6.07, 6.45) is 0.301. The zero-order valence-corrected chi connectivity index (χ0v) is 17.5. The number of amides is 1. The van der Waals surface area contributed by atoms with Gasteiger partial charge in [0.25, 0.3) is 5.91 Å². The largest absolute Gasteiger partial charge is 0.495 e. The lowest BCUT2D eigenvalue weighted by atomic mass is 10.0. The van der Waals surface area contributed by atoms with E-state index in [-0.39, 0.29) is 11.6 Å². The Balaban J connectivity index is 2.11. The van der Waals surface area contributed by atoms with Crippen LogP contribution in [0.1, 0.15) is 32.3 Å². The summed E-state index contributed by atoms with van der Waals surface area (Å²) >= 11 is 0. The van der Waals surface area contributed by atoms with Crippen LogP contribution in [0.3, 0.4) is 0 Å².